The fraction of sp³-hybridized carbons (Fsp3) is 0.500. The molecule has 1 rings (SSSR count). The third-order valence-electron chi connectivity index (χ3n) is 2.91. The van der Waals surface area contributed by atoms with Gasteiger partial charge in [0.2, 0.25) is 0 Å². The second-order valence-electron chi connectivity index (χ2n) is 4.27. The first-order valence-electron chi connectivity index (χ1n) is 5.75. The Bertz CT molecular complexity index is 467. The fourth-order valence-corrected chi connectivity index (χ4v) is 2.82. The number of halogens is 1. The number of aliphatic hydroxyl groups excluding tert-OH is 1. The van der Waals surface area contributed by atoms with Crippen molar-refractivity contribution < 1.29 is 10.0 Å². The Labute approximate surface area is 125 Å². The molecule has 0 aromatic heterocycles. The predicted octanol–water partition coefficient (Wildman–Crippen LogP) is 3.19. The molecule has 2 N–H and O–H groups in total. The summed E-state index contributed by atoms with van der Waals surface area (Å²) in [7, 11) is 0. The minimum Gasteiger partial charge on any atom is -0.395 e. The summed E-state index contributed by atoms with van der Waals surface area (Å²) in [6.45, 7) is 3.76. The first kappa shape index (κ1) is 16.3. The van der Waals surface area contributed by atoms with Crippen molar-refractivity contribution in [1.29, 1.82) is 0 Å². The standard InChI is InChI=1S/C12H17BrN2O3S/c1-7-4-10(9(13)5-11(7)15(17)18)14-8(2)12(6-16)19-3/h4-5,8,12,14,16H,6H2,1-3H3. The zero-order valence-corrected chi connectivity index (χ0v) is 13.4. The average Bonchev–Trinajstić information content (AvgIpc) is 2.34. The molecule has 1 aromatic carbocycles. The van der Waals surface area contributed by atoms with Gasteiger partial charge < -0.3 is 10.4 Å². The van der Waals surface area contributed by atoms with E-state index in [1.54, 1.807) is 24.8 Å². The van der Waals surface area contributed by atoms with E-state index in [1.807, 2.05) is 13.2 Å². The number of nitrogens with one attached hydrogen (secondary N) is 1. The van der Waals surface area contributed by atoms with Crippen LogP contribution in [0.25, 0.3) is 0 Å². The summed E-state index contributed by atoms with van der Waals surface area (Å²) in [5, 5.41) is 23.4. The molecule has 0 aliphatic carbocycles. The highest BCUT2D eigenvalue weighted by molar-refractivity contribution is 9.10. The SMILES string of the molecule is CSC(CO)C(C)Nc1cc(C)c([N+](=O)[O-])cc1Br. The lowest BCUT2D eigenvalue weighted by molar-refractivity contribution is -0.385. The number of benzene rings is 1. The molecule has 1 aromatic rings. The van der Waals surface area contributed by atoms with Gasteiger partial charge in [-0.1, -0.05) is 0 Å². The van der Waals surface area contributed by atoms with E-state index in [1.165, 1.54) is 6.07 Å². The second kappa shape index (κ2) is 7.12. The molecule has 0 saturated carbocycles. The maximum atomic E-state index is 10.8. The summed E-state index contributed by atoms with van der Waals surface area (Å²) >= 11 is 4.91. The van der Waals surface area contributed by atoms with Gasteiger partial charge in [-0.25, -0.2) is 0 Å². The van der Waals surface area contributed by atoms with Crippen LogP contribution in [0.5, 0.6) is 0 Å². The Kier molecular flexibility index (Phi) is 6.09. The van der Waals surface area contributed by atoms with Gasteiger partial charge in [-0.15, -0.1) is 0 Å². The Morgan fingerprint density at radius 1 is 1.58 bits per heavy atom. The monoisotopic (exact) mass is 348 g/mol. The molecule has 106 valence electrons. The molecule has 0 heterocycles. The third kappa shape index (κ3) is 4.09. The molecular weight excluding hydrogens is 332 g/mol. The number of nitrogens with zero attached hydrogens (tertiary/aromatic N) is 1. The Balaban J connectivity index is 2.97. The lowest BCUT2D eigenvalue weighted by atomic mass is 10.1. The van der Waals surface area contributed by atoms with E-state index in [2.05, 4.69) is 21.2 Å². The van der Waals surface area contributed by atoms with Crippen LogP contribution in [0.1, 0.15) is 12.5 Å². The van der Waals surface area contributed by atoms with Gasteiger partial charge in [-0.3, -0.25) is 10.1 Å². The van der Waals surface area contributed by atoms with Gasteiger partial charge in [0, 0.05) is 33.1 Å². The van der Waals surface area contributed by atoms with Crippen LogP contribution < -0.4 is 5.32 Å². The van der Waals surface area contributed by atoms with E-state index in [4.69, 9.17) is 0 Å². The minimum absolute atomic E-state index is 0.0529. The van der Waals surface area contributed by atoms with Gasteiger partial charge in [0.15, 0.2) is 0 Å². The quantitative estimate of drug-likeness (QED) is 0.609. The van der Waals surface area contributed by atoms with Gasteiger partial charge in [-0.05, 0) is 42.1 Å². The molecule has 5 nitrogen and oxygen atoms in total. The van der Waals surface area contributed by atoms with Crippen LogP contribution in [0.4, 0.5) is 11.4 Å². The number of hydrogen-bond acceptors (Lipinski definition) is 5. The number of nitro benzene ring substituents is 1. The highest BCUT2D eigenvalue weighted by Crippen LogP contribution is 2.31. The Morgan fingerprint density at radius 3 is 2.68 bits per heavy atom. The second-order valence-corrected chi connectivity index (χ2v) is 6.20. The Morgan fingerprint density at radius 2 is 2.21 bits per heavy atom. The Hall–Kier alpha value is -0.790. The number of hydrogen-bond donors (Lipinski definition) is 2. The zero-order valence-electron chi connectivity index (χ0n) is 11.0. The molecule has 0 fully saturated rings. The normalized spacial score (nSPS) is 13.9. The van der Waals surface area contributed by atoms with Gasteiger partial charge in [-0.2, -0.15) is 11.8 Å². The van der Waals surface area contributed by atoms with E-state index in [0.717, 1.165) is 5.69 Å². The molecule has 0 aliphatic heterocycles. The number of anilines is 1. The molecular formula is C12H17BrN2O3S. The van der Waals surface area contributed by atoms with Crippen LogP contribution in [-0.2, 0) is 0 Å². The van der Waals surface area contributed by atoms with E-state index in [9.17, 15) is 15.2 Å². The van der Waals surface area contributed by atoms with E-state index >= 15 is 0 Å². The van der Waals surface area contributed by atoms with Crippen molar-refractivity contribution in [2.45, 2.75) is 25.1 Å². The van der Waals surface area contributed by atoms with Crippen LogP contribution in [0.3, 0.4) is 0 Å². The molecule has 0 amide bonds. The van der Waals surface area contributed by atoms with Gasteiger partial charge in [0.1, 0.15) is 0 Å². The van der Waals surface area contributed by atoms with Crippen molar-refractivity contribution in [3.05, 3.63) is 32.3 Å². The molecule has 0 aliphatic rings. The lowest BCUT2D eigenvalue weighted by Gasteiger charge is -2.23. The van der Waals surface area contributed by atoms with E-state index in [-0.39, 0.29) is 23.6 Å². The van der Waals surface area contributed by atoms with Crippen LogP contribution in [0.2, 0.25) is 0 Å². The maximum Gasteiger partial charge on any atom is 0.273 e. The maximum absolute atomic E-state index is 10.8. The van der Waals surface area contributed by atoms with Gasteiger partial charge >= 0.3 is 0 Å². The number of nitro groups is 1. The number of rotatable bonds is 6. The minimum atomic E-state index is -0.397. The first-order valence-corrected chi connectivity index (χ1v) is 7.83. The largest absolute Gasteiger partial charge is 0.395 e. The first-order chi connectivity index (χ1) is 8.90. The summed E-state index contributed by atoms with van der Waals surface area (Å²) in [5.41, 5.74) is 1.49. The molecule has 0 saturated heterocycles. The van der Waals surface area contributed by atoms with Gasteiger partial charge in [0.25, 0.3) is 5.69 Å². The summed E-state index contributed by atoms with van der Waals surface area (Å²) in [6.07, 6.45) is 1.94. The molecule has 2 atom stereocenters. The average molecular weight is 349 g/mol. The topological polar surface area (TPSA) is 75.4 Å². The molecule has 0 radical (unpaired) electrons. The van der Waals surface area contributed by atoms with Crippen LogP contribution >= 0.6 is 27.7 Å². The highest BCUT2D eigenvalue weighted by Gasteiger charge is 2.18. The van der Waals surface area contributed by atoms with Crippen LogP contribution in [0, 0.1) is 17.0 Å². The van der Waals surface area contributed by atoms with Crippen LogP contribution in [0.15, 0.2) is 16.6 Å². The van der Waals surface area contributed by atoms with Crippen molar-refractivity contribution >= 4 is 39.1 Å². The van der Waals surface area contributed by atoms with E-state index < -0.39 is 4.92 Å². The zero-order chi connectivity index (χ0) is 14.6. The molecule has 7 heteroatoms. The van der Waals surface area contributed by atoms with E-state index in [0.29, 0.717) is 10.0 Å². The number of aryl methyl sites for hydroxylation is 1. The van der Waals surface area contributed by atoms with Crippen LogP contribution in [-0.4, -0.2) is 34.2 Å². The van der Waals surface area contributed by atoms with Crippen molar-refractivity contribution in [3.63, 3.8) is 0 Å². The molecule has 19 heavy (non-hydrogen) atoms. The van der Waals surface area contributed by atoms with Crippen molar-refractivity contribution in [2.24, 2.45) is 0 Å². The smallest absolute Gasteiger partial charge is 0.273 e. The molecule has 2 unspecified atom stereocenters. The summed E-state index contributed by atoms with van der Waals surface area (Å²) in [5.74, 6) is 0. The molecule has 0 spiro atoms. The lowest BCUT2D eigenvalue weighted by Crippen LogP contribution is -2.31. The summed E-state index contributed by atoms with van der Waals surface area (Å²) in [6, 6.07) is 3.29. The predicted molar refractivity (Wildman–Crippen MR) is 83.0 cm³/mol. The van der Waals surface area contributed by atoms with Crippen molar-refractivity contribution in [2.75, 3.05) is 18.2 Å². The van der Waals surface area contributed by atoms with Crippen molar-refractivity contribution in [3.8, 4) is 0 Å². The fourth-order valence-electron chi connectivity index (χ4n) is 1.75. The number of thioether (sulfide) groups is 1. The summed E-state index contributed by atoms with van der Waals surface area (Å²) in [4.78, 5) is 10.4. The summed E-state index contributed by atoms with van der Waals surface area (Å²) < 4.78 is 0.648. The van der Waals surface area contributed by atoms with Gasteiger partial charge in [0.05, 0.1) is 11.5 Å². The number of aliphatic hydroxyl groups is 1. The highest BCUT2D eigenvalue weighted by atomic mass is 79.9. The van der Waals surface area contributed by atoms with Crippen molar-refractivity contribution in [1.82, 2.24) is 0 Å². The molecule has 0 bridgehead atoms. The third-order valence-corrected chi connectivity index (χ3v) is 4.72.